The molecule has 1 amide bonds. The van der Waals surface area contributed by atoms with Gasteiger partial charge in [0.15, 0.2) is 0 Å². The number of hydrogen-bond donors (Lipinski definition) is 1. The van der Waals surface area contributed by atoms with Crippen LogP contribution in [0.15, 0.2) is 40.0 Å². The number of amides is 1. The number of fused-ring (bicyclic) bond motifs is 3. The van der Waals surface area contributed by atoms with Crippen LogP contribution in [-0.4, -0.2) is 15.3 Å². The van der Waals surface area contributed by atoms with Crippen LogP contribution in [0, 0.1) is 6.92 Å². The topological polar surface area (TPSA) is 63.5 Å². The summed E-state index contributed by atoms with van der Waals surface area (Å²) in [4.78, 5) is 28.9. The Kier molecular flexibility index (Phi) is 2.87. The van der Waals surface area contributed by atoms with Crippen LogP contribution in [0.25, 0.3) is 5.65 Å². The van der Waals surface area contributed by atoms with Crippen molar-refractivity contribution in [2.45, 2.75) is 19.3 Å². The Bertz CT molecular complexity index is 944. The number of aromatic nitrogens is 2. The van der Waals surface area contributed by atoms with Crippen molar-refractivity contribution in [3.05, 3.63) is 62.2 Å². The number of anilines is 1. The molecule has 6 heteroatoms. The minimum Gasteiger partial charge on any atom is -0.311 e. The molecule has 0 aliphatic carbocycles. The third kappa shape index (κ3) is 1.88. The Morgan fingerprint density at radius 1 is 1.36 bits per heavy atom. The van der Waals surface area contributed by atoms with Crippen molar-refractivity contribution >= 4 is 28.7 Å². The summed E-state index contributed by atoms with van der Waals surface area (Å²) in [5.41, 5.74) is 2.78. The Hall–Kier alpha value is -2.47. The van der Waals surface area contributed by atoms with Gasteiger partial charge < -0.3 is 5.32 Å². The maximum atomic E-state index is 12.6. The monoisotopic (exact) mass is 311 g/mol. The summed E-state index contributed by atoms with van der Waals surface area (Å²) in [5.74, 6) is 0.239. The minimum atomic E-state index is -0.263. The lowest BCUT2D eigenvalue weighted by Crippen LogP contribution is -2.32. The number of thiophene rings is 1. The fourth-order valence-electron chi connectivity index (χ4n) is 2.99. The molecule has 4 rings (SSSR count). The highest BCUT2D eigenvalue weighted by molar-refractivity contribution is 7.08. The molecule has 1 aliphatic heterocycles. The number of nitrogens with zero attached hydrogens (tertiary/aromatic N) is 2. The largest absolute Gasteiger partial charge is 0.311 e. The van der Waals surface area contributed by atoms with Gasteiger partial charge in [0.2, 0.25) is 5.91 Å². The highest BCUT2D eigenvalue weighted by Gasteiger charge is 2.31. The van der Waals surface area contributed by atoms with Crippen molar-refractivity contribution in [1.29, 1.82) is 0 Å². The van der Waals surface area contributed by atoms with Crippen molar-refractivity contribution < 1.29 is 4.79 Å². The van der Waals surface area contributed by atoms with Gasteiger partial charge in [0.1, 0.15) is 11.5 Å². The van der Waals surface area contributed by atoms with Gasteiger partial charge in [-0.2, -0.15) is 16.3 Å². The summed E-state index contributed by atoms with van der Waals surface area (Å²) in [6.07, 6.45) is 2.10. The SMILES string of the molecule is Cc1cccn2c3c(c(=O)nc12)C(c1ccsc1)CC(=O)N3. The van der Waals surface area contributed by atoms with Crippen LogP contribution in [0.3, 0.4) is 0 Å². The van der Waals surface area contributed by atoms with E-state index in [9.17, 15) is 9.59 Å². The summed E-state index contributed by atoms with van der Waals surface area (Å²) in [5, 5.41) is 6.79. The van der Waals surface area contributed by atoms with E-state index in [1.165, 1.54) is 0 Å². The van der Waals surface area contributed by atoms with E-state index in [-0.39, 0.29) is 23.8 Å². The first-order valence-corrected chi connectivity index (χ1v) is 7.93. The van der Waals surface area contributed by atoms with Crippen LogP contribution in [0.5, 0.6) is 0 Å². The molecule has 3 aromatic heterocycles. The van der Waals surface area contributed by atoms with E-state index in [0.717, 1.165) is 11.1 Å². The Morgan fingerprint density at radius 2 is 2.23 bits per heavy atom. The third-order valence-electron chi connectivity index (χ3n) is 4.04. The zero-order chi connectivity index (χ0) is 15.3. The van der Waals surface area contributed by atoms with Crippen molar-refractivity contribution in [3.63, 3.8) is 0 Å². The predicted octanol–water partition coefficient (Wildman–Crippen LogP) is 2.54. The van der Waals surface area contributed by atoms with Crippen LogP contribution >= 0.6 is 11.3 Å². The molecule has 110 valence electrons. The van der Waals surface area contributed by atoms with E-state index in [2.05, 4.69) is 10.3 Å². The fraction of sp³-hybridized carbons (Fsp3) is 0.188. The summed E-state index contributed by atoms with van der Waals surface area (Å²) in [6.45, 7) is 1.90. The van der Waals surface area contributed by atoms with Crippen molar-refractivity contribution in [1.82, 2.24) is 9.38 Å². The van der Waals surface area contributed by atoms with E-state index in [4.69, 9.17) is 0 Å². The molecule has 1 aliphatic rings. The summed E-state index contributed by atoms with van der Waals surface area (Å²) in [7, 11) is 0. The first kappa shape index (κ1) is 13.2. The lowest BCUT2D eigenvalue weighted by atomic mass is 9.88. The molecule has 0 saturated carbocycles. The molecule has 1 atom stereocenters. The van der Waals surface area contributed by atoms with Crippen molar-refractivity contribution in [2.75, 3.05) is 5.32 Å². The standard InChI is InChI=1S/C16H13N3O2S/c1-9-3-2-5-19-14(9)18-16(21)13-11(10-4-6-22-8-10)7-12(20)17-15(13)19/h2-6,8,11H,7H2,1H3,(H,17,20). The van der Waals surface area contributed by atoms with Gasteiger partial charge in [0.25, 0.3) is 5.56 Å². The lowest BCUT2D eigenvalue weighted by Gasteiger charge is -2.25. The van der Waals surface area contributed by atoms with Gasteiger partial charge in [-0.1, -0.05) is 6.07 Å². The molecule has 0 radical (unpaired) electrons. The molecule has 22 heavy (non-hydrogen) atoms. The first-order valence-electron chi connectivity index (χ1n) is 6.99. The van der Waals surface area contributed by atoms with Crippen molar-refractivity contribution in [2.24, 2.45) is 0 Å². The Balaban J connectivity index is 2.07. The van der Waals surface area contributed by atoms with E-state index in [1.54, 1.807) is 15.7 Å². The fourth-order valence-corrected chi connectivity index (χ4v) is 3.70. The molecular formula is C16H13N3O2S. The second-order valence-corrected chi connectivity index (χ2v) is 6.21. The van der Waals surface area contributed by atoms with Crippen LogP contribution in [0.4, 0.5) is 5.82 Å². The molecule has 0 bridgehead atoms. The zero-order valence-corrected chi connectivity index (χ0v) is 12.7. The van der Waals surface area contributed by atoms with Gasteiger partial charge in [0.05, 0.1) is 5.56 Å². The van der Waals surface area contributed by atoms with Gasteiger partial charge in [-0.15, -0.1) is 0 Å². The number of carbonyl (C=O) groups excluding carboxylic acids is 1. The molecule has 1 unspecified atom stereocenters. The molecule has 5 nitrogen and oxygen atoms in total. The Labute approximate surface area is 130 Å². The first-order chi connectivity index (χ1) is 10.6. The zero-order valence-electron chi connectivity index (χ0n) is 11.9. The number of hydrogen-bond acceptors (Lipinski definition) is 4. The molecule has 0 fully saturated rings. The van der Waals surface area contributed by atoms with E-state index >= 15 is 0 Å². The normalized spacial score (nSPS) is 17.3. The number of pyridine rings is 1. The van der Waals surface area contributed by atoms with E-state index in [0.29, 0.717) is 17.0 Å². The molecule has 1 N–H and O–H groups in total. The van der Waals surface area contributed by atoms with Crippen molar-refractivity contribution in [3.8, 4) is 0 Å². The van der Waals surface area contributed by atoms with E-state index in [1.807, 2.05) is 42.1 Å². The number of nitrogens with one attached hydrogen (secondary N) is 1. The Morgan fingerprint density at radius 3 is 3.00 bits per heavy atom. The average Bonchev–Trinajstić information content (AvgIpc) is 3.02. The molecule has 0 spiro atoms. The second kappa shape index (κ2) is 4.78. The highest BCUT2D eigenvalue weighted by atomic mass is 32.1. The number of aryl methyl sites for hydroxylation is 1. The van der Waals surface area contributed by atoms with Crippen LogP contribution in [0.1, 0.15) is 29.0 Å². The number of carbonyl (C=O) groups is 1. The number of rotatable bonds is 1. The highest BCUT2D eigenvalue weighted by Crippen LogP contribution is 2.35. The van der Waals surface area contributed by atoms with Crippen LogP contribution in [0.2, 0.25) is 0 Å². The maximum absolute atomic E-state index is 12.6. The van der Waals surface area contributed by atoms with Crippen LogP contribution < -0.4 is 10.9 Å². The van der Waals surface area contributed by atoms with Crippen LogP contribution in [-0.2, 0) is 4.79 Å². The van der Waals surface area contributed by atoms with E-state index < -0.39 is 0 Å². The maximum Gasteiger partial charge on any atom is 0.279 e. The van der Waals surface area contributed by atoms with Gasteiger partial charge in [-0.05, 0) is 40.9 Å². The molecule has 0 saturated heterocycles. The summed E-state index contributed by atoms with van der Waals surface area (Å²) in [6, 6.07) is 5.74. The smallest absolute Gasteiger partial charge is 0.279 e. The molecule has 4 heterocycles. The quantitative estimate of drug-likeness (QED) is 0.751. The summed E-state index contributed by atoms with van der Waals surface area (Å²) < 4.78 is 1.79. The molecule has 3 aromatic rings. The van der Waals surface area contributed by atoms with Gasteiger partial charge in [-0.3, -0.25) is 14.0 Å². The molecule has 0 aromatic carbocycles. The summed E-state index contributed by atoms with van der Waals surface area (Å²) >= 11 is 1.56. The van der Waals surface area contributed by atoms with Gasteiger partial charge in [0, 0.05) is 18.5 Å². The van der Waals surface area contributed by atoms with Gasteiger partial charge in [-0.25, -0.2) is 0 Å². The second-order valence-electron chi connectivity index (χ2n) is 5.43. The minimum absolute atomic E-state index is 0.0791. The lowest BCUT2D eigenvalue weighted by molar-refractivity contribution is -0.116. The average molecular weight is 311 g/mol. The predicted molar refractivity (Wildman–Crippen MR) is 85.6 cm³/mol. The van der Waals surface area contributed by atoms with Gasteiger partial charge >= 0.3 is 0 Å². The molecular weight excluding hydrogens is 298 g/mol. The third-order valence-corrected chi connectivity index (χ3v) is 4.74.